The lowest BCUT2D eigenvalue weighted by molar-refractivity contribution is -0.141. The number of esters is 1. The van der Waals surface area contributed by atoms with Crippen LogP contribution in [0.3, 0.4) is 0 Å². The molecule has 1 heterocycles. The smallest absolute Gasteiger partial charge is 0.323 e. The van der Waals surface area contributed by atoms with Crippen LogP contribution in [0, 0.1) is 6.92 Å². The monoisotopic (exact) mass is 375 g/mol. The summed E-state index contributed by atoms with van der Waals surface area (Å²) in [5.41, 5.74) is 0.159. The molecular formula is C19H21NO7. The molecule has 2 N–H and O–H groups in total. The van der Waals surface area contributed by atoms with Gasteiger partial charge in [-0.05, 0) is 30.7 Å². The molecule has 8 nitrogen and oxygen atoms in total. The van der Waals surface area contributed by atoms with E-state index in [1.165, 1.54) is 27.2 Å². The van der Waals surface area contributed by atoms with Crippen molar-refractivity contribution in [1.82, 2.24) is 4.57 Å². The van der Waals surface area contributed by atoms with Gasteiger partial charge in [0, 0.05) is 11.6 Å². The fraction of sp³-hybridized carbons (Fsp3) is 0.316. The van der Waals surface area contributed by atoms with E-state index < -0.39 is 30.0 Å². The maximum absolute atomic E-state index is 12.9. The van der Waals surface area contributed by atoms with Crippen molar-refractivity contribution in [2.45, 2.75) is 25.8 Å². The Hall–Kier alpha value is -3.29. The van der Waals surface area contributed by atoms with Gasteiger partial charge in [-0.25, -0.2) is 0 Å². The number of aromatic nitrogens is 1. The Balaban J connectivity index is 2.65. The number of hydrogen-bond donors (Lipinski definition) is 2. The van der Waals surface area contributed by atoms with Crippen LogP contribution in [0.4, 0.5) is 0 Å². The van der Waals surface area contributed by atoms with Gasteiger partial charge in [-0.15, -0.1) is 0 Å². The normalized spacial score (nSPS) is 11.7. The molecule has 1 atom stereocenters. The van der Waals surface area contributed by atoms with E-state index in [0.29, 0.717) is 17.0 Å². The minimum absolute atomic E-state index is 0.0579. The number of methoxy groups -OCH3 is 2. The molecule has 8 heteroatoms. The van der Waals surface area contributed by atoms with E-state index >= 15 is 0 Å². The molecule has 0 saturated heterocycles. The van der Waals surface area contributed by atoms with Gasteiger partial charge in [0.25, 0.3) is 5.56 Å². The molecule has 2 aromatic rings. The van der Waals surface area contributed by atoms with Crippen molar-refractivity contribution in [2.75, 3.05) is 14.2 Å². The lowest BCUT2D eigenvalue weighted by Crippen LogP contribution is -2.30. The first-order valence-electron chi connectivity index (χ1n) is 8.14. The van der Waals surface area contributed by atoms with Crippen LogP contribution in [0.15, 0.2) is 35.1 Å². The Bertz CT molecular complexity index is 900. The van der Waals surface area contributed by atoms with Crippen LogP contribution >= 0.6 is 0 Å². The zero-order valence-electron chi connectivity index (χ0n) is 15.3. The minimum atomic E-state index is -1.19. The average molecular weight is 375 g/mol. The summed E-state index contributed by atoms with van der Waals surface area (Å²) in [6.45, 7) is 0.974. The second-order valence-corrected chi connectivity index (χ2v) is 5.98. The van der Waals surface area contributed by atoms with Crippen molar-refractivity contribution in [3.63, 3.8) is 0 Å². The molecule has 0 amide bonds. The van der Waals surface area contributed by atoms with Gasteiger partial charge < -0.3 is 24.3 Å². The Kier molecular flexibility index (Phi) is 6.23. The number of aliphatic carboxylic acids is 1. The average Bonchev–Trinajstić information content (AvgIpc) is 2.64. The van der Waals surface area contributed by atoms with E-state index in [2.05, 4.69) is 0 Å². The summed E-state index contributed by atoms with van der Waals surface area (Å²) in [4.78, 5) is 35.9. The molecule has 27 heavy (non-hydrogen) atoms. The number of carboxylic acids is 1. The van der Waals surface area contributed by atoms with E-state index in [1.54, 1.807) is 24.3 Å². The van der Waals surface area contributed by atoms with Crippen molar-refractivity contribution in [3.05, 3.63) is 57.5 Å². The molecule has 0 bridgehead atoms. The van der Waals surface area contributed by atoms with E-state index in [4.69, 9.17) is 14.6 Å². The fourth-order valence-corrected chi connectivity index (χ4v) is 2.90. The lowest BCUT2D eigenvalue weighted by Gasteiger charge is -2.20. The molecule has 0 spiro atoms. The van der Waals surface area contributed by atoms with Gasteiger partial charge in [0.1, 0.15) is 18.0 Å². The van der Waals surface area contributed by atoms with Crippen molar-refractivity contribution < 1.29 is 29.3 Å². The first-order chi connectivity index (χ1) is 12.8. The van der Waals surface area contributed by atoms with Crippen LogP contribution in [0.2, 0.25) is 0 Å². The van der Waals surface area contributed by atoms with E-state index in [-0.39, 0.29) is 17.7 Å². The Morgan fingerprint density at radius 3 is 2.33 bits per heavy atom. The topological polar surface area (TPSA) is 115 Å². The number of ether oxygens (including phenoxy) is 2. The van der Waals surface area contributed by atoms with Crippen LogP contribution in [0.1, 0.15) is 29.2 Å². The third kappa shape index (κ3) is 4.46. The summed E-state index contributed by atoms with van der Waals surface area (Å²) >= 11 is 0. The summed E-state index contributed by atoms with van der Waals surface area (Å²) in [6.07, 6.45) is -0.193. The molecule has 0 aliphatic rings. The van der Waals surface area contributed by atoms with E-state index in [0.717, 1.165) is 4.57 Å². The standard InChI is InChI=1S/C19H21NO7/c1-11-8-15(21)18(19(25)20(11)10-16(22)23)14(9-17(24)27-3)12-4-6-13(26-2)7-5-12/h4-8,14,21H,9-10H2,1-3H3,(H,22,23)/t14-/m0/s1. The summed E-state index contributed by atoms with van der Waals surface area (Å²) < 4.78 is 10.9. The first-order valence-corrected chi connectivity index (χ1v) is 8.14. The molecule has 1 aromatic carbocycles. The molecule has 0 fully saturated rings. The number of nitrogens with zero attached hydrogens (tertiary/aromatic N) is 1. The van der Waals surface area contributed by atoms with Gasteiger partial charge in [-0.2, -0.15) is 0 Å². The number of rotatable bonds is 7. The molecular weight excluding hydrogens is 354 g/mol. The summed E-state index contributed by atoms with van der Waals surface area (Å²) in [5, 5.41) is 19.5. The molecule has 0 radical (unpaired) electrons. The van der Waals surface area contributed by atoms with Crippen LogP contribution < -0.4 is 10.3 Å². The largest absolute Gasteiger partial charge is 0.507 e. The maximum Gasteiger partial charge on any atom is 0.323 e. The van der Waals surface area contributed by atoms with E-state index in [1.807, 2.05) is 0 Å². The van der Waals surface area contributed by atoms with Crippen LogP contribution in [0.25, 0.3) is 0 Å². The zero-order valence-corrected chi connectivity index (χ0v) is 15.3. The lowest BCUT2D eigenvalue weighted by atomic mass is 9.88. The Morgan fingerprint density at radius 2 is 1.81 bits per heavy atom. The van der Waals surface area contributed by atoms with Gasteiger partial charge in [-0.1, -0.05) is 12.1 Å². The van der Waals surface area contributed by atoms with Crippen molar-refractivity contribution in [1.29, 1.82) is 0 Å². The highest BCUT2D eigenvalue weighted by molar-refractivity contribution is 5.71. The van der Waals surface area contributed by atoms with Gasteiger partial charge in [0.05, 0.1) is 26.2 Å². The first kappa shape index (κ1) is 20.0. The Morgan fingerprint density at radius 1 is 1.19 bits per heavy atom. The molecule has 1 aromatic heterocycles. The van der Waals surface area contributed by atoms with Gasteiger partial charge in [0.2, 0.25) is 0 Å². The second-order valence-electron chi connectivity index (χ2n) is 5.98. The fourth-order valence-electron chi connectivity index (χ4n) is 2.90. The highest BCUT2D eigenvalue weighted by Gasteiger charge is 2.27. The molecule has 2 rings (SSSR count). The number of hydrogen-bond acceptors (Lipinski definition) is 6. The third-order valence-electron chi connectivity index (χ3n) is 4.28. The molecule has 0 aliphatic carbocycles. The van der Waals surface area contributed by atoms with Crippen LogP contribution in [-0.2, 0) is 20.9 Å². The SMILES string of the molecule is COC(=O)C[C@@H](c1ccc(OC)cc1)c1c(O)cc(C)n(CC(=O)O)c1=O. The second kappa shape index (κ2) is 8.39. The van der Waals surface area contributed by atoms with Gasteiger partial charge in [0.15, 0.2) is 0 Å². The zero-order chi connectivity index (χ0) is 20.1. The predicted octanol–water partition coefficient (Wildman–Crippen LogP) is 1.65. The molecule has 0 aliphatic heterocycles. The number of aromatic hydroxyl groups is 1. The predicted molar refractivity (Wildman–Crippen MR) is 96.2 cm³/mol. The van der Waals surface area contributed by atoms with Crippen LogP contribution in [-0.4, -0.2) is 40.9 Å². The highest BCUT2D eigenvalue weighted by atomic mass is 16.5. The number of carboxylic acid groups (broad SMARTS) is 1. The van der Waals surface area contributed by atoms with Gasteiger partial charge in [-0.3, -0.25) is 14.4 Å². The number of carbonyl (C=O) groups is 2. The van der Waals surface area contributed by atoms with Crippen LogP contribution in [0.5, 0.6) is 11.5 Å². The molecule has 0 saturated carbocycles. The number of aryl methyl sites for hydroxylation is 1. The minimum Gasteiger partial charge on any atom is -0.507 e. The van der Waals surface area contributed by atoms with Crippen molar-refractivity contribution in [3.8, 4) is 11.5 Å². The maximum atomic E-state index is 12.9. The summed E-state index contributed by atoms with van der Waals surface area (Å²) in [6, 6.07) is 7.99. The van der Waals surface area contributed by atoms with Crippen molar-refractivity contribution >= 4 is 11.9 Å². The number of benzene rings is 1. The number of carbonyl (C=O) groups excluding carboxylic acids is 1. The van der Waals surface area contributed by atoms with Gasteiger partial charge >= 0.3 is 11.9 Å². The summed E-state index contributed by atoms with van der Waals surface area (Å²) in [5.74, 6) is -2.28. The number of pyridine rings is 1. The quantitative estimate of drug-likeness (QED) is 0.707. The Labute approximate surface area is 155 Å². The molecule has 144 valence electrons. The van der Waals surface area contributed by atoms with Crippen molar-refractivity contribution in [2.24, 2.45) is 0 Å². The van der Waals surface area contributed by atoms with E-state index in [9.17, 15) is 19.5 Å². The summed E-state index contributed by atoms with van der Waals surface area (Å²) in [7, 11) is 2.74. The third-order valence-corrected chi connectivity index (χ3v) is 4.28. The highest BCUT2D eigenvalue weighted by Crippen LogP contribution is 2.33. The molecule has 0 unspecified atom stereocenters.